The predicted octanol–water partition coefficient (Wildman–Crippen LogP) is 2.16. The third-order valence-corrected chi connectivity index (χ3v) is 3.08. The molecular weight excluding hydrogens is 238 g/mol. The van der Waals surface area contributed by atoms with E-state index in [0.717, 1.165) is 16.7 Å². The van der Waals surface area contributed by atoms with Gasteiger partial charge in [0.05, 0.1) is 5.52 Å². The Labute approximate surface area is 110 Å². The second-order valence-electron chi connectivity index (χ2n) is 4.41. The van der Waals surface area contributed by atoms with Gasteiger partial charge in [-0.3, -0.25) is 0 Å². The first-order valence-corrected chi connectivity index (χ1v) is 5.90. The number of aromatic nitrogens is 3. The molecule has 2 aromatic carbocycles. The number of rotatable bonds is 1. The number of nitrogens with zero attached hydrogens (tertiary/aromatic N) is 3. The number of anilines is 2. The first-order valence-electron chi connectivity index (χ1n) is 5.90. The van der Waals surface area contributed by atoms with Crippen LogP contribution in [0.1, 0.15) is 5.56 Å². The van der Waals surface area contributed by atoms with Crippen molar-refractivity contribution in [2.75, 3.05) is 11.5 Å². The molecule has 0 spiro atoms. The maximum absolute atomic E-state index is 6.11. The van der Waals surface area contributed by atoms with E-state index in [1.165, 1.54) is 0 Å². The zero-order chi connectivity index (χ0) is 13.4. The lowest BCUT2D eigenvalue weighted by Crippen LogP contribution is -1.99. The van der Waals surface area contributed by atoms with E-state index >= 15 is 0 Å². The average Bonchev–Trinajstić information content (AvgIpc) is 2.39. The molecule has 0 aliphatic heterocycles. The van der Waals surface area contributed by atoms with Crippen molar-refractivity contribution in [2.24, 2.45) is 0 Å². The smallest absolute Gasteiger partial charge is 0.240 e. The zero-order valence-electron chi connectivity index (χ0n) is 10.5. The van der Waals surface area contributed by atoms with Crippen molar-refractivity contribution in [1.29, 1.82) is 0 Å². The number of aryl methyl sites for hydroxylation is 1. The fraction of sp³-hybridized carbons (Fsp3) is 0.0714. The van der Waals surface area contributed by atoms with Gasteiger partial charge in [0.15, 0.2) is 0 Å². The van der Waals surface area contributed by atoms with Crippen molar-refractivity contribution in [3.8, 4) is 11.1 Å². The molecule has 3 aromatic rings. The lowest BCUT2D eigenvalue weighted by atomic mass is 9.98. The van der Waals surface area contributed by atoms with Gasteiger partial charge in [-0.25, -0.2) is 4.98 Å². The second kappa shape index (κ2) is 4.20. The third-order valence-electron chi connectivity index (χ3n) is 3.08. The summed E-state index contributed by atoms with van der Waals surface area (Å²) in [7, 11) is 0. The Morgan fingerprint density at radius 3 is 2.47 bits per heavy atom. The fourth-order valence-electron chi connectivity index (χ4n) is 2.12. The van der Waals surface area contributed by atoms with Crippen LogP contribution in [-0.2, 0) is 0 Å². The van der Waals surface area contributed by atoms with Crippen molar-refractivity contribution >= 4 is 22.7 Å². The van der Waals surface area contributed by atoms with E-state index in [1.54, 1.807) is 6.07 Å². The molecule has 1 aromatic heterocycles. The van der Waals surface area contributed by atoms with Crippen molar-refractivity contribution in [3.05, 3.63) is 42.0 Å². The summed E-state index contributed by atoms with van der Waals surface area (Å²) >= 11 is 0. The molecule has 0 aliphatic carbocycles. The van der Waals surface area contributed by atoms with Gasteiger partial charge in [-0.1, -0.05) is 24.3 Å². The van der Waals surface area contributed by atoms with Gasteiger partial charge in [0.2, 0.25) is 5.95 Å². The highest BCUT2D eigenvalue weighted by molar-refractivity contribution is 5.90. The van der Waals surface area contributed by atoms with Crippen molar-refractivity contribution in [1.82, 2.24) is 15.2 Å². The van der Waals surface area contributed by atoms with Crippen molar-refractivity contribution in [3.63, 3.8) is 0 Å². The van der Waals surface area contributed by atoms with Crippen molar-refractivity contribution < 1.29 is 0 Å². The Morgan fingerprint density at radius 2 is 1.68 bits per heavy atom. The summed E-state index contributed by atoms with van der Waals surface area (Å²) in [6, 6.07) is 11.7. The number of benzene rings is 2. The number of fused-ring (bicyclic) bond motifs is 1. The molecule has 1 heterocycles. The van der Waals surface area contributed by atoms with E-state index in [-0.39, 0.29) is 5.95 Å². The number of hydrogen-bond donors (Lipinski definition) is 2. The maximum Gasteiger partial charge on any atom is 0.240 e. The van der Waals surface area contributed by atoms with Gasteiger partial charge < -0.3 is 11.5 Å². The minimum atomic E-state index is 0.149. The molecule has 19 heavy (non-hydrogen) atoms. The lowest BCUT2D eigenvalue weighted by Gasteiger charge is -2.10. The molecule has 3 rings (SSSR count). The van der Waals surface area contributed by atoms with Crippen LogP contribution in [-0.4, -0.2) is 15.2 Å². The number of nitrogen functional groups attached to an aromatic ring is 2. The molecule has 4 N–H and O–H groups in total. The molecule has 0 fully saturated rings. The van der Waals surface area contributed by atoms with Gasteiger partial charge in [-0.15, -0.1) is 10.2 Å². The molecule has 5 heteroatoms. The van der Waals surface area contributed by atoms with Crippen LogP contribution in [0.15, 0.2) is 36.4 Å². The van der Waals surface area contributed by atoms with Gasteiger partial charge >= 0.3 is 0 Å². The van der Waals surface area contributed by atoms with Gasteiger partial charge in [-0.05, 0) is 30.2 Å². The van der Waals surface area contributed by atoms with Crippen LogP contribution in [0, 0.1) is 6.92 Å². The summed E-state index contributed by atoms with van der Waals surface area (Å²) < 4.78 is 0. The highest BCUT2D eigenvalue weighted by Gasteiger charge is 2.09. The molecule has 0 saturated carbocycles. The summed E-state index contributed by atoms with van der Waals surface area (Å²) in [5.41, 5.74) is 16.8. The Balaban J connectivity index is 2.28. The van der Waals surface area contributed by atoms with Gasteiger partial charge in [0.25, 0.3) is 0 Å². The average molecular weight is 251 g/mol. The standard InChI is InChI=1S/C14H13N5/c1-8-4-2-3-5-9(8)10-6-13-12(7-11(10)15)17-14(16)19-18-13/h2-7H,15H2,1H3,(H2,16,17,19). The van der Waals surface area contributed by atoms with Crippen molar-refractivity contribution in [2.45, 2.75) is 6.92 Å². The maximum atomic E-state index is 6.11. The molecule has 0 radical (unpaired) electrons. The third kappa shape index (κ3) is 1.95. The van der Waals surface area contributed by atoms with E-state index < -0.39 is 0 Å². The first kappa shape index (κ1) is 11.4. The Hall–Kier alpha value is -2.69. The second-order valence-corrected chi connectivity index (χ2v) is 4.41. The summed E-state index contributed by atoms with van der Waals surface area (Å²) in [4.78, 5) is 4.12. The first-order chi connectivity index (χ1) is 9.15. The summed E-state index contributed by atoms with van der Waals surface area (Å²) in [6.45, 7) is 2.05. The molecule has 0 unspecified atom stereocenters. The lowest BCUT2D eigenvalue weighted by molar-refractivity contribution is 1.04. The highest BCUT2D eigenvalue weighted by atomic mass is 15.2. The molecule has 0 aliphatic rings. The number of nitrogens with two attached hydrogens (primary N) is 2. The molecule has 0 amide bonds. The van der Waals surface area contributed by atoms with Crippen LogP contribution < -0.4 is 11.5 Å². The summed E-state index contributed by atoms with van der Waals surface area (Å²) in [6.07, 6.45) is 0. The Bertz CT molecular complexity index is 767. The molecule has 94 valence electrons. The SMILES string of the molecule is Cc1ccccc1-c1cc2nnc(N)nc2cc1N. The topological polar surface area (TPSA) is 90.7 Å². The predicted molar refractivity (Wildman–Crippen MR) is 76.3 cm³/mol. The van der Waals surface area contributed by atoms with Crippen LogP contribution in [0.2, 0.25) is 0 Å². The number of hydrogen-bond acceptors (Lipinski definition) is 5. The van der Waals surface area contributed by atoms with E-state index in [9.17, 15) is 0 Å². The van der Waals surface area contributed by atoms with Gasteiger partial charge in [0.1, 0.15) is 5.52 Å². The van der Waals surface area contributed by atoms with Gasteiger partial charge in [0, 0.05) is 11.3 Å². The van der Waals surface area contributed by atoms with E-state index in [0.29, 0.717) is 16.7 Å². The molecule has 0 bridgehead atoms. The fourth-order valence-corrected chi connectivity index (χ4v) is 2.12. The monoisotopic (exact) mass is 251 g/mol. The highest BCUT2D eigenvalue weighted by Crippen LogP contribution is 2.31. The van der Waals surface area contributed by atoms with Crippen LogP contribution in [0.4, 0.5) is 11.6 Å². The van der Waals surface area contributed by atoms with Crippen LogP contribution in [0.3, 0.4) is 0 Å². The normalized spacial score (nSPS) is 10.8. The van der Waals surface area contributed by atoms with Gasteiger partial charge in [-0.2, -0.15) is 0 Å². The van der Waals surface area contributed by atoms with Crippen LogP contribution >= 0.6 is 0 Å². The molecule has 5 nitrogen and oxygen atoms in total. The minimum absolute atomic E-state index is 0.149. The van der Waals surface area contributed by atoms with Crippen LogP contribution in [0.5, 0.6) is 0 Å². The summed E-state index contributed by atoms with van der Waals surface area (Å²) in [5, 5.41) is 7.81. The van der Waals surface area contributed by atoms with Crippen LogP contribution in [0.25, 0.3) is 22.2 Å². The minimum Gasteiger partial charge on any atom is -0.398 e. The largest absolute Gasteiger partial charge is 0.398 e. The van der Waals surface area contributed by atoms with E-state index in [4.69, 9.17) is 11.5 Å². The Kier molecular flexibility index (Phi) is 2.52. The molecule has 0 atom stereocenters. The molecule has 0 saturated heterocycles. The van der Waals surface area contributed by atoms with E-state index in [2.05, 4.69) is 15.2 Å². The molecular formula is C14H13N5. The zero-order valence-corrected chi connectivity index (χ0v) is 10.5. The quantitative estimate of drug-likeness (QED) is 0.647. The Morgan fingerprint density at radius 1 is 0.895 bits per heavy atom. The summed E-state index contributed by atoms with van der Waals surface area (Å²) in [5.74, 6) is 0.149. The van der Waals surface area contributed by atoms with E-state index in [1.807, 2.05) is 37.3 Å².